The van der Waals surface area contributed by atoms with E-state index in [0.717, 1.165) is 0 Å². The van der Waals surface area contributed by atoms with Gasteiger partial charge in [0.2, 0.25) is 0 Å². The molecule has 0 atom stereocenters. The highest BCUT2D eigenvalue weighted by atomic mass is 79.9. The summed E-state index contributed by atoms with van der Waals surface area (Å²) in [7, 11) is 0. The Morgan fingerprint density at radius 3 is 3.17 bits per heavy atom. The Hall–Kier alpha value is -1.23. The lowest BCUT2D eigenvalue weighted by Gasteiger charge is -1.94. The van der Waals surface area contributed by atoms with Crippen molar-refractivity contribution in [1.82, 2.24) is 15.2 Å². The van der Waals surface area contributed by atoms with Crippen LogP contribution in [0.2, 0.25) is 0 Å². The van der Waals surface area contributed by atoms with Crippen LogP contribution in [0.15, 0.2) is 27.6 Å². The van der Waals surface area contributed by atoms with Gasteiger partial charge in [-0.05, 0) is 28.1 Å². The standard InChI is InChI=1S/C7H4BrN3O/c8-5-6-4(2-1-3-9-6)10-11-7(5)12/h1-3H,(H,11,12). The number of H-pyrrole nitrogens is 1. The average molecular weight is 226 g/mol. The van der Waals surface area contributed by atoms with Gasteiger partial charge in [0.15, 0.2) is 0 Å². The van der Waals surface area contributed by atoms with Gasteiger partial charge in [0, 0.05) is 6.20 Å². The monoisotopic (exact) mass is 225 g/mol. The lowest BCUT2D eigenvalue weighted by atomic mass is 10.3. The topological polar surface area (TPSA) is 58.6 Å². The minimum absolute atomic E-state index is 0.263. The van der Waals surface area contributed by atoms with Gasteiger partial charge in [-0.1, -0.05) is 0 Å². The molecule has 2 heterocycles. The first kappa shape index (κ1) is 7.42. The molecule has 5 heteroatoms. The second kappa shape index (κ2) is 2.67. The number of aromatic nitrogens is 3. The van der Waals surface area contributed by atoms with E-state index in [9.17, 15) is 4.79 Å². The van der Waals surface area contributed by atoms with Crippen molar-refractivity contribution in [2.24, 2.45) is 0 Å². The third kappa shape index (κ3) is 1.02. The van der Waals surface area contributed by atoms with Crippen LogP contribution in [0, 0.1) is 0 Å². The van der Waals surface area contributed by atoms with E-state index in [1.54, 1.807) is 18.3 Å². The van der Waals surface area contributed by atoms with E-state index >= 15 is 0 Å². The van der Waals surface area contributed by atoms with Gasteiger partial charge >= 0.3 is 0 Å². The number of hydrogen-bond donors (Lipinski definition) is 1. The van der Waals surface area contributed by atoms with Gasteiger partial charge in [0.25, 0.3) is 5.56 Å². The highest BCUT2D eigenvalue weighted by Gasteiger charge is 2.03. The Morgan fingerprint density at radius 2 is 2.33 bits per heavy atom. The highest BCUT2D eigenvalue weighted by Crippen LogP contribution is 2.13. The van der Waals surface area contributed by atoms with Crippen molar-refractivity contribution in [3.05, 3.63) is 33.2 Å². The van der Waals surface area contributed by atoms with Crippen LogP contribution >= 0.6 is 15.9 Å². The number of hydrogen-bond acceptors (Lipinski definition) is 3. The van der Waals surface area contributed by atoms with Crippen molar-refractivity contribution in [3.63, 3.8) is 0 Å². The number of pyridine rings is 1. The van der Waals surface area contributed by atoms with Gasteiger partial charge in [-0.25, -0.2) is 5.10 Å². The fraction of sp³-hybridized carbons (Fsp3) is 0. The van der Waals surface area contributed by atoms with Gasteiger partial charge in [0.1, 0.15) is 15.5 Å². The van der Waals surface area contributed by atoms with E-state index in [-0.39, 0.29) is 5.56 Å². The van der Waals surface area contributed by atoms with Crippen molar-refractivity contribution in [3.8, 4) is 0 Å². The summed E-state index contributed by atoms with van der Waals surface area (Å²) in [4.78, 5) is 15.0. The smallest absolute Gasteiger partial charge is 0.267 e. The van der Waals surface area contributed by atoms with Gasteiger partial charge < -0.3 is 0 Å². The van der Waals surface area contributed by atoms with Crippen LogP contribution in [0.25, 0.3) is 11.0 Å². The molecule has 0 spiro atoms. The first-order chi connectivity index (χ1) is 5.79. The molecule has 0 aromatic carbocycles. The Bertz CT molecular complexity index is 479. The van der Waals surface area contributed by atoms with E-state index in [1.807, 2.05) is 0 Å². The quantitative estimate of drug-likeness (QED) is 0.731. The molecule has 2 rings (SSSR count). The number of nitrogens with one attached hydrogen (secondary N) is 1. The van der Waals surface area contributed by atoms with Crippen LogP contribution in [0.3, 0.4) is 0 Å². The summed E-state index contributed by atoms with van der Waals surface area (Å²) in [5.74, 6) is 0. The number of rotatable bonds is 0. The number of halogens is 1. The van der Waals surface area contributed by atoms with Crippen LogP contribution < -0.4 is 5.56 Å². The van der Waals surface area contributed by atoms with Crippen LogP contribution in [-0.4, -0.2) is 15.2 Å². The molecule has 0 amide bonds. The Labute approximate surface area is 75.8 Å². The van der Waals surface area contributed by atoms with Crippen molar-refractivity contribution in [2.45, 2.75) is 0 Å². The van der Waals surface area contributed by atoms with Crippen molar-refractivity contribution in [1.29, 1.82) is 0 Å². The molecule has 0 aliphatic heterocycles. The first-order valence-electron chi connectivity index (χ1n) is 3.28. The molecule has 2 aromatic rings. The molecule has 60 valence electrons. The van der Waals surface area contributed by atoms with Crippen LogP contribution in [0.1, 0.15) is 0 Å². The summed E-state index contributed by atoms with van der Waals surface area (Å²) >= 11 is 3.13. The third-order valence-electron chi connectivity index (χ3n) is 1.47. The van der Waals surface area contributed by atoms with Gasteiger partial charge in [-0.2, -0.15) is 5.10 Å². The fourth-order valence-corrected chi connectivity index (χ4v) is 1.32. The van der Waals surface area contributed by atoms with Crippen LogP contribution in [-0.2, 0) is 0 Å². The summed E-state index contributed by atoms with van der Waals surface area (Å²) in [5.41, 5.74) is 0.992. The molecule has 0 radical (unpaired) electrons. The summed E-state index contributed by atoms with van der Waals surface area (Å²) < 4.78 is 0.424. The van der Waals surface area contributed by atoms with Gasteiger partial charge in [-0.15, -0.1) is 0 Å². The molecule has 0 fully saturated rings. The molecular weight excluding hydrogens is 222 g/mol. The molecule has 0 saturated carbocycles. The lowest BCUT2D eigenvalue weighted by Crippen LogP contribution is -2.09. The normalized spacial score (nSPS) is 10.4. The second-order valence-electron chi connectivity index (χ2n) is 2.24. The maximum absolute atomic E-state index is 11.0. The average Bonchev–Trinajstić information content (AvgIpc) is 2.12. The lowest BCUT2D eigenvalue weighted by molar-refractivity contribution is 1.01. The molecule has 4 nitrogen and oxygen atoms in total. The Morgan fingerprint density at radius 1 is 1.50 bits per heavy atom. The second-order valence-corrected chi connectivity index (χ2v) is 3.03. The molecule has 0 aliphatic rings. The largest absolute Gasteiger partial charge is 0.280 e. The van der Waals surface area contributed by atoms with Gasteiger partial charge in [0.05, 0.1) is 0 Å². The van der Waals surface area contributed by atoms with E-state index in [4.69, 9.17) is 0 Å². The molecule has 0 bridgehead atoms. The molecule has 2 aromatic heterocycles. The zero-order chi connectivity index (χ0) is 8.55. The summed E-state index contributed by atoms with van der Waals surface area (Å²) in [6, 6.07) is 3.54. The maximum atomic E-state index is 11.0. The van der Waals surface area contributed by atoms with E-state index in [1.165, 1.54) is 0 Å². The van der Waals surface area contributed by atoms with Gasteiger partial charge in [-0.3, -0.25) is 9.78 Å². The Balaban J connectivity index is 3.01. The van der Waals surface area contributed by atoms with Crippen LogP contribution in [0.4, 0.5) is 0 Å². The Kier molecular flexibility index (Phi) is 1.65. The molecular formula is C7H4BrN3O. The van der Waals surface area contributed by atoms with Crippen molar-refractivity contribution >= 4 is 27.0 Å². The summed E-state index contributed by atoms with van der Waals surface area (Å²) in [6.07, 6.45) is 1.62. The summed E-state index contributed by atoms with van der Waals surface area (Å²) in [6.45, 7) is 0. The minimum atomic E-state index is -0.263. The number of nitrogens with zero attached hydrogens (tertiary/aromatic N) is 2. The SMILES string of the molecule is O=c1[nH]nc2cccnc2c1Br. The summed E-state index contributed by atoms with van der Waals surface area (Å²) in [5, 5.41) is 6.16. The molecule has 0 aliphatic carbocycles. The van der Waals surface area contributed by atoms with E-state index in [0.29, 0.717) is 15.5 Å². The zero-order valence-electron chi connectivity index (χ0n) is 5.91. The predicted octanol–water partition coefficient (Wildman–Crippen LogP) is 1.08. The molecule has 0 unspecified atom stereocenters. The molecule has 0 saturated heterocycles. The maximum Gasteiger partial charge on any atom is 0.280 e. The van der Waals surface area contributed by atoms with E-state index in [2.05, 4.69) is 31.1 Å². The van der Waals surface area contributed by atoms with E-state index < -0.39 is 0 Å². The highest BCUT2D eigenvalue weighted by molar-refractivity contribution is 9.10. The zero-order valence-corrected chi connectivity index (χ0v) is 7.50. The first-order valence-corrected chi connectivity index (χ1v) is 4.07. The molecule has 1 N–H and O–H groups in total. The van der Waals surface area contributed by atoms with Crippen molar-refractivity contribution < 1.29 is 0 Å². The minimum Gasteiger partial charge on any atom is -0.267 e. The fourth-order valence-electron chi connectivity index (χ4n) is 0.924. The van der Waals surface area contributed by atoms with Crippen LogP contribution in [0.5, 0.6) is 0 Å². The number of fused-ring (bicyclic) bond motifs is 1. The van der Waals surface area contributed by atoms with Crippen molar-refractivity contribution in [2.75, 3.05) is 0 Å². The third-order valence-corrected chi connectivity index (χ3v) is 2.21. The molecule has 12 heavy (non-hydrogen) atoms. The predicted molar refractivity (Wildman–Crippen MR) is 47.9 cm³/mol. The number of aromatic amines is 1.